The van der Waals surface area contributed by atoms with Crippen molar-refractivity contribution in [1.29, 1.82) is 0 Å². The minimum atomic E-state index is 0.525. The van der Waals surface area contributed by atoms with Crippen LogP contribution < -0.4 is 10.6 Å². The van der Waals surface area contributed by atoms with E-state index in [0.717, 1.165) is 13.1 Å². The minimum absolute atomic E-state index is 0.525. The minimum Gasteiger partial charge on any atom is -0.313 e. The molecule has 1 aromatic rings. The molecular weight excluding hydrogens is 192 g/mol. The SMILES string of the molecule is CC(C)NCC(C)NCc1ccsc1. The van der Waals surface area contributed by atoms with E-state index in [4.69, 9.17) is 0 Å². The van der Waals surface area contributed by atoms with E-state index in [1.165, 1.54) is 5.56 Å². The monoisotopic (exact) mass is 212 g/mol. The fourth-order valence-corrected chi connectivity index (χ4v) is 1.84. The highest BCUT2D eigenvalue weighted by Crippen LogP contribution is 2.05. The molecule has 1 atom stereocenters. The Bertz CT molecular complexity index is 231. The van der Waals surface area contributed by atoms with E-state index in [9.17, 15) is 0 Å². The van der Waals surface area contributed by atoms with Gasteiger partial charge in [-0.15, -0.1) is 0 Å². The number of hydrogen-bond donors (Lipinski definition) is 2. The first-order chi connectivity index (χ1) is 6.68. The topological polar surface area (TPSA) is 24.1 Å². The second-order valence-corrected chi connectivity index (χ2v) is 4.76. The molecule has 0 bridgehead atoms. The molecule has 1 heterocycles. The normalized spacial score (nSPS) is 13.4. The van der Waals surface area contributed by atoms with Gasteiger partial charge in [-0.25, -0.2) is 0 Å². The molecule has 0 aromatic carbocycles. The van der Waals surface area contributed by atoms with Crippen molar-refractivity contribution in [1.82, 2.24) is 10.6 Å². The Morgan fingerprint density at radius 1 is 1.29 bits per heavy atom. The van der Waals surface area contributed by atoms with E-state index < -0.39 is 0 Å². The van der Waals surface area contributed by atoms with Gasteiger partial charge in [-0.1, -0.05) is 13.8 Å². The van der Waals surface area contributed by atoms with Gasteiger partial charge in [0.2, 0.25) is 0 Å². The zero-order valence-electron chi connectivity index (χ0n) is 9.21. The first-order valence-corrected chi connectivity index (χ1v) is 6.10. The Hall–Kier alpha value is -0.380. The first kappa shape index (κ1) is 11.7. The third-order valence-electron chi connectivity index (χ3n) is 2.07. The van der Waals surface area contributed by atoms with Crippen molar-refractivity contribution < 1.29 is 0 Å². The van der Waals surface area contributed by atoms with Crippen LogP contribution in [0.2, 0.25) is 0 Å². The van der Waals surface area contributed by atoms with Gasteiger partial charge in [0.25, 0.3) is 0 Å². The second kappa shape index (κ2) is 6.17. The summed E-state index contributed by atoms with van der Waals surface area (Å²) in [5.74, 6) is 0. The van der Waals surface area contributed by atoms with E-state index in [1.807, 2.05) is 0 Å². The highest BCUT2D eigenvalue weighted by Gasteiger charge is 2.01. The summed E-state index contributed by atoms with van der Waals surface area (Å²) in [5, 5.41) is 11.2. The molecule has 1 aromatic heterocycles. The van der Waals surface area contributed by atoms with Crippen molar-refractivity contribution in [3.05, 3.63) is 22.4 Å². The highest BCUT2D eigenvalue weighted by atomic mass is 32.1. The lowest BCUT2D eigenvalue weighted by Gasteiger charge is -2.16. The van der Waals surface area contributed by atoms with E-state index >= 15 is 0 Å². The summed E-state index contributed by atoms with van der Waals surface area (Å²) >= 11 is 1.75. The standard InChI is InChI=1S/C11H20N2S/c1-9(2)12-6-10(3)13-7-11-4-5-14-8-11/h4-5,8-10,12-13H,6-7H2,1-3H3. The summed E-state index contributed by atoms with van der Waals surface area (Å²) in [5.41, 5.74) is 1.38. The lowest BCUT2D eigenvalue weighted by atomic mass is 10.2. The van der Waals surface area contributed by atoms with Crippen LogP contribution in [0.15, 0.2) is 16.8 Å². The van der Waals surface area contributed by atoms with Crippen molar-refractivity contribution in [3.8, 4) is 0 Å². The molecule has 2 nitrogen and oxygen atoms in total. The van der Waals surface area contributed by atoms with Gasteiger partial charge in [0.1, 0.15) is 0 Å². The number of hydrogen-bond acceptors (Lipinski definition) is 3. The molecule has 0 fully saturated rings. The van der Waals surface area contributed by atoms with Gasteiger partial charge in [0, 0.05) is 25.2 Å². The van der Waals surface area contributed by atoms with Gasteiger partial charge >= 0.3 is 0 Å². The van der Waals surface area contributed by atoms with Crippen LogP contribution in [0.4, 0.5) is 0 Å². The molecule has 80 valence electrons. The van der Waals surface area contributed by atoms with E-state index in [2.05, 4.69) is 48.2 Å². The largest absolute Gasteiger partial charge is 0.313 e. The molecule has 2 N–H and O–H groups in total. The molecule has 0 aliphatic rings. The Morgan fingerprint density at radius 3 is 2.64 bits per heavy atom. The fourth-order valence-electron chi connectivity index (χ4n) is 1.17. The Labute approximate surface area is 90.7 Å². The van der Waals surface area contributed by atoms with Crippen LogP contribution in [0.1, 0.15) is 26.3 Å². The average molecular weight is 212 g/mol. The van der Waals surface area contributed by atoms with E-state index in [-0.39, 0.29) is 0 Å². The summed E-state index contributed by atoms with van der Waals surface area (Å²) in [4.78, 5) is 0. The zero-order chi connectivity index (χ0) is 10.4. The van der Waals surface area contributed by atoms with Crippen LogP contribution in [0.25, 0.3) is 0 Å². The maximum Gasteiger partial charge on any atom is 0.0216 e. The third-order valence-corrected chi connectivity index (χ3v) is 2.80. The van der Waals surface area contributed by atoms with Gasteiger partial charge in [0.05, 0.1) is 0 Å². The number of nitrogens with one attached hydrogen (secondary N) is 2. The van der Waals surface area contributed by atoms with Crippen molar-refractivity contribution in [2.75, 3.05) is 6.54 Å². The van der Waals surface area contributed by atoms with Crippen molar-refractivity contribution >= 4 is 11.3 Å². The third kappa shape index (κ3) is 4.74. The summed E-state index contributed by atoms with van der Waals surface area (Å²) in [6.07, 6.45) is 0. The maximum atomic E-state index is 3.48. The average Bonchev–Trinajstić information content (AvgIpc) is 2.63. The van der Waals surface area contributed by atoms with Crippen molar-refractivity contribution in [2.45, 2.75) is 39.4 Å². The molecule has 3 heteroatoms. The summed E-state index contributed by atoms with van der Waals surface area (Å²) in [7, 11) is 0. The predicted octanol–water partition coefficient (Wildman–Crippen LogP) is 2.22. The highest BCUT2D eigenvalue weighted by molar-refractivity contribution is 7.07. The van der Waals surface area contributed by atoms with Gasteiger partial charge < -0.3 is 10.6 Å². The molecule has 1 unspecified atom stereocenters. The molecule has 14 heavy (non-hydrogen) atoms. The van der Waals surface area contributed by atoms with Crippen LogP contribution in [0.3, 0.4) is 0 Å². The molecule has 1 rings (SSSR count). The fraction of sp³-hybridized carbons (Fsp3) is 0.636. The molecule has 0 spiro atoms. The Morgan fingerprint density at radius 2 is 2.07 bits per heavy atom. The molecular formula is C11H20N2S. The van der Waals surface area contributed by atoms with Crippen LogP contribution in [0.5, 0.6) is 0 Å². The lowest BCUT2D eigenvalue weighted by molar-refractivity contribution is 0.474. The van der Waals surface area contributed by atoms with E-state index in [1.54, 1.807) is 11.3 Å². The Balaban J connectivity index is 2.12. The van der Waals surface area contributed by atoms with Gasteiger partial charge in [-0.2, -0.15) is 11.3 Å². The molecule has 0 saturated carbocycles. The van der Waals surface area contributed by atoms with Crippen LogP contribution in [0, 0.1) is 0 Å². The van der Waals surface area contributed by atoms with Crippen molar-refractivity contribution in [3.63, 3.8) is 0 Å². The van der Waals surface area contributed by atoms with Gasteiger partial charge in [-0.05, 0) is 29.3 Å². The lowest BCUT2D eigenvalue weighted by Crippen LogP contribution is -2.38. The quantitative estimate of drug-likeness (QED) is 0.755. The summed E-state index contributed by atoms with van der Waals surface area (Å²) in [6.45, 7) is 8.56. The first-order valence-electron chi connectivity index (χ1n) is 5.16. The zero-order valence-corrected chi connectivity index (χ0v) is 10.0. The maximum absolute atomic E-state index is 3.48. The van der Waals surface area contributed by atoms with E-state index in [0.29, 0.717) is 12.1 Å². The second-order valence-electron chi connectivity index (χ2n) is 3.98. The predicted molar refractivity (Wildman–Crippen MR) is 63.8 cm³/mol. The molecule has 0 saturated heterocycles. The summed E-state index contributed by atoms with van der Waals surface area (Å²) in [6, 6.07) is 3.26. The Kier molecular flexibility index (Phi) is 5.15. The molecule has 0 aliphatic carbocycles. The molecule has 0 radical (unpaired) electrons. The van der Waals surface area contributed by atoms with Crippen LogP contribution in [-0.4, -0.2) is 18.6 Å². The van der Waals surface area contributed by atoms with Gasteiger partial charge in [-0.3, -0.25) is 0 Å². The van der Waals surface area contributed by atoms with Gasteiger partial charge in [0.15, 0.2) is 0 Å². The molecule has 0 amide bonds. The molecule has 0 aliphatic heterocycles. The van der Waals surface area contributed by atoms with Crippen LogP contribution in [-0.2, 0) is 6.54 Å². The number of rotatable bonds is 6. The summed E-state index contributed by atoms with van der Waals surface area (Å²) < 4.78 is 0. The van der Waals surface area contributed by atoms with Crippen molar-refractivity contribution in [2.24, 2.45) is 0 Å². The number of thiophene rings is 1. The van der Waals surface area contributed by atoms with Crippen LogP contribution >= 0.6 is 11.3 Å². The smallest absolute Gasteiger partial charge is 0.0216 e.